The number of nitrogens with zero attached hydrogens (tertiary/aromatic N) is 3. The van der Waals surface area contributed by atoms with Gasteiger partial charge in [-0.1, -0.05) is 6.07 Å². The van der Waals surface area contributed by atoms with Gasteiger partial charge in [0.25, 0.3) is 0 Å². The Hall–Kier alpha value is -2.74. The minimum absolute atomic E-state index is 0.0993. The van der Waals surface area contributed by atoms with Crippen LogP contribution in [0.4, 0.5) is 5.82 Å². The molecule has 0 atom stereocenters. The van der Waals surface area contributed by atoms with E-state index in [4.69, 9.17) is 27.4 Å². The number of rotatable bonds is 4. The normalized spacial score (nSPS) is 9.00. The molecule has 7 nitrogen and oxygen atoms in total. The summed E-state index contributed by atoms with van der Waals surface area (Å²) >= 11 is 4.71. The van der Waals surface area contributed by atoms with E-state index in [0.29, 0.717) is 18.0 Å². The Morgan fingerprint density at radius 1 is 1.23 bits per heavy atom. The maximum Gasteiger partial charge on any atom is 0.221 e. The van der Waals surface area contributed by atoms with Crippen molar-refractivity contribution < 1.29 is 14.3 Å². The number of pyridine rings is 2. The molecule has 0 aliphatic carbocycles. The molecule has 0 aliphatic heterocycles. The second kappa shape index (κ2) is 9.24. The molecular formula is C14H16N4O3S. The summed E-state index contributed by atoms with van der Waals surface area (Å²) in [5, 5.41) is -0.0993. The third-order valence-corrected chi connectivity index (χ3v) is 2.56. The number of hydrogen-bond donors (Lipinski definition) is 1. The molecule has 0 unspecified atom stereocenters. The first-order valence-electron chi connectivity index (χ1n) is 6.11. The van der Waals surface area contributed by atoms with Crippen LogP contribution in [0.5, 0.6) is 11.6 Å². The lowest BCUT2D eigenvalue weighted by Crippen LogP contribution is -2.34. The topological polar surface area (TPSA) is 90.6 Å². The van der Waals surface area contributed by atoms with Gasteiger partial charge in [0.15, 0.2) is 5.11 Å². The molecule has 0 fully saturated rings. The van der Waals surface area contributed by atoms with Crippen molar-refractivity contribution in [1.29, 1.82) is 0 Å². The lowest BCUT2D eigenvalue weighted by atomic mass is 10.4. The summed E-state index contributed by atoms with van der Waals surface area (Å²) in [5.41, 5.74) is 5.37. The van der Waals surface area contributed by atoms with E-state index < -0.39 is 0 Å². The number of anilines is 1. The van der Waals surface area contributed by atoms with Gasteiger partial charge < -0.3 is 15.2 Å². The molecule has 2 N–H and O–H groups in total. The lowest BCUT2D eigenvalue weighted by molar-refractivity contribution is -0.106. The summed E-state index contributed by atoms with van der Waals surface area (Å²) in [6.45, 7) is 0. The van der Waals surface area contributed by atoms with E-state index >= 15 is 0 Å². The fourth-order valence-electron chi connectivity index (χ4n) is 1.35. The summed E-state index contributed by atoms with van der Waals surface area (Å²) in [4.78, 5) is 19.6. The number of carbonyl (C=O) groups excluding carboxylic acids is 1. The number of carbonyl (C=O) groups is 1. The van der Waals surface area contributed by atoms with Gasteiger partial charge in [0, 0.05) is 24.5 Å². The number of methoxy groups -OCH3 is 2. The van der Waals surface area contributed by atoms with Crippen molar-refractivity contribution in [3.8, 4) is 11.6 Å². The fraction of sp³-hybridized carbons (Fsp3) is 0.143. The van der Waals surface area contributed by atoms with Crippen LogP contribution in [0.1, 0.15) is 0 Å². The molecule has 2 aromatic heterocycles. The number of hydrogen-bond acceptors (Lipinski definition) is 6. The highest BCUT2D eigenvalue weighted by molar-refractivity contribution is 7.80. The van der Waals surface area contributed by atoms with Crippen LogP contribution in [-0.4, -0.2) is 35.7 Å². The maximum absolute atomic E-state index is 10.8. The van der Waals surface area contributed by atoms with Crippen LogP contribution in [0.15, 0.2) is 42.7 Å². The van der Waals surface area contributed by atoms with E-state index in [9.17, 15) is 4.79 Å². The third-order valence-electron chi connectivity index (χ3n) is 2.36. The number of nitrogens with two attached hydrogens (primary N) is 1. The van der Waals surface area contributed by atoms with Gasteiger partial charge in [-0.3, -0.25) is 9.78 Å². The van der Waals surface area contributed by atoms with Crippen LogP contribution in [0.25, 0.3) is 0 Å². The van der Waals surface area contributed by atoms with Crippen LogP contribution >= 0.6 is 12.2 Å². The summed E-state index contributed by atoms with van der Waals surface area (Å²) < 4.78 is 9.98. The van der Waals surface area contributed by atoms with Crippen molar-refractivity contribution in [3.05, 3.63) is 42.7 Å². The fourth-order valence-corrected chi connectivity index (χ4v) is 1.48. The Morgan fingerprint density at radius 2 is 1.91 bits per heavy atom. The van der Waals surface area contributed by atoms with Crippen molar-refractivity contribution in [2.24, 2.45) is 5.73 Å². The number of ether oxygens (including phenoxy) is 2. The van der Waals surface area contributed by atoms with Gasteiger partial charge in [0.05, 0.1) is 14.2 Å². The first kappa shape index (κ1) is 17.3. The van der Waals surface area contributed by atoms with E-state index in [1.165, 1.54) is 20.3 Å². The number of amides is 1. The average Bonchev–Trinajstić information content (AvgIpc) is 2.57. The van der Waals surface area contributed by atoms with E-state index in [1.54, 1.807) is 18.5 Å². The van der Waals surface area contributed by atoms with Crippen LogP contribution < -0.4 is 20.1 Å². The Bertz CT molecular complexity index is 561. The molecule has 2 heterocycles. The number of aromatic nitrogens is 2. The predicted molar refractivity (Wildman–Crippen MR) is 86.9 cm³/mol. The quantitative estimate of drug-likeness (QED) is 0.672. The Labute approximate surface area is 133 Å². The average molecular weight is 320 g/mol. The lowest BCUT2D eigenvalue weighted by Gasteiger charge is -2.15. The van der Waals surface area contributed by atoms with E-state index in [0.717, 1.165) is 4.90 Å². The van der Waals surface area contributed by atoms with Crippen molar-refractivity contribution >= 4 is 29.6 Å². The minimum Gasteiger partial charge on any atom is -0.496 e. The van der Waals surface area contributed by atoms with Gasteiger partial charge in [-0.2, -0.15) is 4.98 Å². The first-order chi connectivity index (χ1) is 10.6. The Kier molecular flexibility index (Phi) is 7.27. The summed E-state index contributed by atoms with van der Waals surface area (Å²) in [6.07, 6.45) is 3.98. The Morgan fingerprint density at radius 3 is 2.27 bits per heavy atom. The molecule has 2 aromatic rings. The second-order valence-electron chi connectivity index (χ2n) is 3.75. The van der Waals surface area contributed by atoms with Crippen molar-refractivity contribution in [2.75, 3.05) is 19.1 Å². The maximum atomic E-state index is 10.8. The van der Waals surface area contributed by atoms with Gasteiger partial charge in [0.1, 0.15) is 11.6 Å². The summed E-state index contributed by atoms with van der Waals surface area (Å²) in [6, 6.07) is 8.81. The van der Waals surface area contributed by atoms with Gasteiger partial charge in [-0.05, 0) is 24.4 Å². The van der Waals surface area contributed by atoms with E-state index in [2.05, 4.69) is 9.97 Å². The molecule has 0 radical (unpaired) electrons. The molecule has 0 spiro atoms. The predicted octanol–water partition coefficient (Wildman–Crippen LogP) is 1.39. The summed E-state index contributed by atoms with van der Waals surface area (Å²) in [7, 11) is 2.95. The van der Waals surface area contributed by atoms with Gasteiger partial charge in [-0.15, -0.1) is 0 Å². The molecule has 1 amide bonds. The van der Waals surface area contributed by atoms with Gasteiger partial charge >= 0.3 is 0 Å². The third kappa shape index (κ3) is 5.33. The molecule has 2 rings (SSSR count). The molecule has 8 heteroatoms. The molecular weight excluding hydrogens is 304 g/mol. The molecule has 0 aromatic carbocycles. The largest absolute Gasteiger partial charge is 0.496 e. The second-order valence-corrected chi connectivity index (χ2v) is 4.16. The SMILES string of the molecule is COc1cc(OC)nc(N(C=O)C(N)=S)c1.c1ccncc1. The number of thiocarbonyl (C=S) groups is 1. The minimum atomic E-state index is -0.0993. The standard InChI is InChI=1S/C9H11N3O3S.C5H5N/c1-14-6-3-7(11-8(4-6)15-2)12(5-13)9(10)16;1-2-4-6-5-3-1/h3-5H,1-2H3,(H2,10,16);1-5H. The first-order valence-corrected chi connectivity index (χ1v) is 6.52. The molecule has 0 saturated heterocycles. The molecule has 0 aliphatic rings. The molecule has 0 bridgehead atoms. The highest BCUT2D eigenvalue weighted by Crippen LogP contribution is 2.23. The molecule has 0 saturated carbocycles. The highest BCUT2D eigenvalue weighted by Gasteiger charge is 2.12. The zero-order valence-corrected chi connectivity index (χ0v) is 13.0. The van der Waals surface area contributed by atoms with Gasteiger partial charge in [0.2, 0.25) is 12.3 Å². The molecule has 116 valence electrons. The smallest absolute Gasteiger partial charge is 0.221 e. The zero-order valence-electron chi connectivity index (χ0n) is 12.2. The van der Waals surface area contributed by atoms with Crippen LogP contribution in [0.2, 0.25) is 0 Å². The van der Waals surface area contributed by atoms with Crippen LogP contribution in [0.3, 0.4) is 0 Å². The summed E-state index contributed by atoms with van der Waals surface area (Å²) in [5.74, 6) is 1.04. The highest BCUT2D eigenvalue weighted by atomic mass is 32.1. The molecule has 22 heavy (non-hydrogen) atoms. The van der Waals surface area contributed by atoms with Crippen LogP contribution in [-0.2, 0) is 4.79 Å². The monoisotopic (exact) mass is 320 g/mol. The van der Waals surface area contributed by atoms with Crippen LogP contribution in [0, 0.1) is 0 Å². The van der Waals surface area contributed by atoms with Crippen molar-refractivity contribution in [2.45, 2.75) is 0 Å². The van der Waals surface area contributed by atoms with Gasteiger partial charge in [-0.25, -0.2) is 4.90 Å². The van der Waals surface area contributed by atoms with E-state index in [-0.39, 0.29) is 10.9 Å². The van der Waals surface area contributed by atoms with Crippen molar-refractivity contribution in [1.82, 2.24) is 9.97 Å². The van der Waals surface area contributed by atoms with E-state index in [1.807, 2.05) is 18.2 Å². The Balaban J connectivity index is 0.000000335. The zero-order chi connectivity index (χ0) is 16.4. The van der Waals surface area contributed by atoms with Crippen molar-refractivity contribution in [3.63, 3.8) is 0 Å².